The molecule has 3 rings (SSSR count). The SMILES string of the molecule is Cc1ccccc1CN1CCC(C(=O)NCCSc2ccccc2)CC1. The smallest absolute Gasteiger partial charge is 0.223 e. The third kappa shape index (κ3) is 5.61. The Bertz CT molecular complexity index is 696. The molecule has 3 nitrogen and oxygen atoms in total. The Morgan fingerprint density at radius 1 is 1.08 bits per heavy atom. The largest absolute Gasteiger partial charge is 0.355 e. The van der Waals surface area contributed by atoms with Gasteiger partial charge in [-0.3, -0.25) is 9.69 Å². The molecule has 0 unspecified atom stereocenters. The minimum Gasteiger partial charge on any atom is -0.355 e. The lowest BCUT2D eigenvalue weighted by Gasteiger charge is -2.31. The van der Waals surface area contributed by atoms with Gasteiger partial charge in [0.05, 0.1) is 0 Å². The van der Waals surface area contributed by atoms with Crippen LogP contribution in [0.5, 0.6) is 0 Å². The number of carbonyl (C=O) groups is 1. The first kappa shape index (κ1) is 19.0. The molecule has 0 bridgehead atoms. The summed E-state index contributed by atoms with van der Waals surface area (Å²) in [5.41, 5.74) is 2.75. The van der Waals surface area contributed by atoms with E-state index in [1.54, 1.807) is 11.8 Å². The molecule has 138 valence electrons. The van der Waals surface area contributed by atoms with Crippen molar-refractivity contribution in [1.29, 1.82) is 0 Å². The van der Waals surface area contributed by atoms with Gasteiger partial charge in [-0.05, 0) is 56.1 Å². The Morgan fingerprint density at radius 3 is 2.50 bits per heavy atom. The third-order valence-electron chi connectivity index (χ3n) is 5.03. The molecular formula is C22H28N2OS. The summed E-state index contributed by atoms with van der Waals surface area (Å²) in [7, 11) is 0. The highest BCUT2D eigenvalue weighted by molar-refractivity contribution is 7.99. The lowest BCUT2D eigenvalue weighted by Crippen LogP contribution is -2.40. The van der Waals surface area contributed by atoms with Crippen LogP contribution in [0.4, 0.5) is 0 Å². The summed E-state index contributed by atoms with van der Waals surface area (Å²) in [4.78, 5) is 16.1. The highest BCUT2D eigenvalue weighted by atomic mass is 32.2. The lowest BCUT2D eigenvalue weighted by atomic mass is 9.95. The Hall–Kier alpha value is -1.78. The molecular weight excluding hydrogens is 340 g/mol. The van der Waals surface area contributed by atoms with E-state index < -0.39 is 0 Å². The monoisotopic (exact) mass is 368 g/mol. The summed E-state index contributed by atoms with van der Waals surface area (Å²) >= 11 is 1.79. The fourth-order valence-electron chi connectivity index (χ4n) is 3.39. The van der Waals surface area contributed by atoms with Crippen LogP contribution >= 0.6 is 11.8 Å². The minimum absolute atomic E-state index is 0.171. The van der Waals surface area contributed by atoms with Gasteiger partial charge in [0, 0.05) is 29.7 Å². The van der Waals surface area contributed by atoms with Crippen LogP contribution in [0.2, 0.25) is 0 Å². The van der Waals surface area contributed by atoms with E-state index >= 15 is 0 Å². The molecule has 1 fully saturated rings. The second-order valence-electron chi connectivity index (χ2n) is 6.93. The molecule has 2 aromatic carbocycles. The Kier molecular flexibility index (Phi) is 7.15. The van der Waals surface area contributed by atoms with Crippen molar-refractivity contribution in [3.05, 3.63) is 65.7 Å². The predicted octanol–water partition coefficient (Wildman–Crippen LogP) is 4.12. The molecule has 1 heterocycles. The zero-order chi connectivity index (χ0) is 18.2. The Labute approximate surface area is 161 Å². The van der Waals surface area contributed by atoms with Crippen LogP contribution in [0.25, 0.3) is 0 Å². The molecule has 0 radical (unpaired) electrons. The molecule has 4 heteroatoms. The van der Waals surface area contributed by atoms with Crippen LogP contribution in [-0.2, 0) is 11.3 Å². The van der Waals surface area contributed by atoms with Crippen molar-refractivity contribution in [3.63, 3.8) is 0 Å². The summed E-state index contributed by atoms with van der Waals surface area (Å²) < 4.78 is 0. The maximum Gasteiger partial charge on any atom is 0.223 e. The van der Waals surface area contributed by atoms with E-state index in [9.17, 15) is 4.79 Å². The minimum atomic E-state index is 0.171. The number of piperidine rings is 1. The van der Waals surface area contributed by atoms with Gasteiger partial charge in [0.2, 0.25) is 5.91 Å². The highest BCUT2D eigenvalue weighted by Crippen LogP contribution is 2.21. The number of amides is 1. The summed E-state index contributed by atoms with van der Waals surface area (Å²) in [6.07, 6.45) is 1.92. The van der Waals surface area contributed by atoms with Crippen molar-refractivity contribution in [2.75, 3.05) is 25.4 Å². The number of nitrogens with zero attached hydrogens (tertiary/aromatic N) is 1. The molecule has 1 aliphatic rings. The number of hydrogen-bond acceptors (Lipinski definition) is 3. The molecule has 0 aromatic heterocycles. The van der Waals surface area contributed by atoms with E-state index in [1.807, 2.05) is 18.2 Å². The number of rotatable bonds is 7. The number of nitrogens with one attached hydrogen (secondary N) is 1. The van der Waals surface area contributed by atoms with Gasteiger partial charge in [-0.1, -0.05) is 42.5 Å². The molecule has 0 spiro atoms. The predicted molar refractivity (Wildman–Crippen MR) is 109 cm³/mol. The number of carbonyl (C=O) groups excluding carboxylic acids is 1. The Balaban J connectivity index is 1.35. The molecule has 2 aromatic rings. The maximum absolute atomic E-state index is 12.4. The fraction of sp³-hybridized carbons (Fsp3) is 0.409. The number of likely N-dealkylation sites (tertiary alicyclic amines) is 1. The average molecular weight is 369 g/mol. The number of hydrogen-bond donors (Lipinski definition) is 1. The van der Waals surface area contributed by atoms with Crippen molar-refractivity contribution in [1.82, 2.24) is 10.2 Å². The van der Waals surface area contributed by atoms with Crippen LogP contribution in [0.1, 0.15) is 24.0 Å². The van der Waals surface area contributed by atoms with Crippen molar-refractivity contribution in [2.24, 2.45) is 5.92 Å². The molecule has 0 aliphatic carbocycles. The van der Waals surface area contributed by atoms with E-state index in [2.05, 4.69) is 53.5 Å². The number of aryl methyl sites for hydroxylation is 1. The average Bonchev–Trinajstić information content (AvgIpc) is 2.68. The van der Waals surface area contributed by atoms with E-state index in [0.29, 0.717) is 0 Å². The van der Waals surface area contributed by atoms with Crippen molar-refractivity contribution < 1.29 is 4.79 Å². The standard InChI is InChI=1S/C22H28N2OS/c1-18-7-5-6-8-20(18)17-24-14-11-19(12-15-24)22(25)23-13-16-26-21-9-3-2-4-10-21/h2-10,19H,11-17H2,1H3,(H,23,25). The normalized spacial score (nSPS) is 15.7. The molecule has 1 aliphatic heterocycles. The van der Waals surface area contributed by atoms with Gasteiger partial charge in [0.25, 0.3) is 0 Å². The van der Waals surface area contributed by atoms with E-state index in [1.165, 1.54) is 16.0 Å². The first-order valence-corrected chi connectivity index (χ1v) is 10.4. The summed E-state index contributed by atoms with van der Waals surface area (Å²) in [5.74, 6) is 1.32. The van der Waals surface area contributed by atoms with Gasteiger partial charge < -0.3 is 5.32 Å². The summed E-state index contributed by atoms with van der Waals surface area (Å²) in [5, 5.41) is 3.12. The van der Waals surface area contributed by atoms with Crippen molar-refractivity contribution in [3.8, 4) is 0 Å². The van der Waals surface area contributed by atoms with Gasteiger partial charge in [0.1, 0.15) is 0 Å². The van der Waals surface area contributed by atoms with Gasteiger partial charge >= 0.3 is 0 Å². The maximum atomic E-state index is 12.4. The molecule has 1 amide bonds. The quantitative estimate of drug-likeness (QED) is 0.589. The molecule has 1 N–H and O–H groups in total. The number of benzene rings is 2. The number of thioether (sulfide) groups is 1. The molecule has 0 atom stereocenters. The topological polar surface area (TPSA) is 32.3 Å². The summed E-state index contributed by atoms with van der Waals surface area (Å²) in [6.45, 7) is 5.91. The van der Waals surface area contributed by atoms with Crippen LogP contribution in [0.15, 0.2) is 59.5 Å². The zero-order valence-corrected chi connectivity index (χ0v) is 16.3. The van der Waals surface area contributed by atoms with E-state index in [4.69, 9.17) is 0 Å². The zero-order valence-electron chi connectivity index (χ0n) is 15.5. The third-order valence-corrected chi connectivity index (χ3v) is 6.04. The van der Waals surface area contributed by atoms with E-state index in [0.717, 1.165) is 44.8 Å². The summed E-state index contributed by atoms with van der Waals surface area (Å²) in [6, 6.07) is 18.9. The first-order chi connectivity index (χ1) is 12.7. The van der Waals surface area contributed by atoms with Gasteiger partial charge in [-0.25, -0.2) is 0 Å². The Morgan fingerprint density at radius 2 is 1.77 bits per heavy atom. The van der Waals surface area contributed by atoms with Crippen molar-refractivity contribution >= 4 is 17.7 Å². The second-order valence-corrected chi connectivity index (χ2v) is 8.10. The van der Waals surface area contributed by atoms with Gasteiger partial charge in [0.15, 0.2) is 0 Å². The molecule has 1 saturated heterocycles. The van der Waals surface area contributed by atoms with Gasteiger partial charge in [-0.2, -0.15) is 0 Å². The van der Waals surface area contributed by atoms with Crippen molar-refractivity contribution in [2.45, 2.75) is 31.2 Å². The molecule has 0 saturated carbocycles. The van der Waals surface area contributed by atoms with Crippen LogP contribution in [-0.4, -0.2) is 36.2 Å². The first-order valence-electron chi connectivity index (χ1n) is 9.45. The highest BCUT2D eigenvalue weighted by Gasteiger charge is 2.24. The van der Waals surface area contributed by atoms with E-state index in [-0.39, 0.29) is 11.8 Å². The van der Waals surface area contributed by atoms with Gasteiger partial charge in [-0.15, -0.1) is 11.8 Å². The molecule has 26 heavy (non-hydrogen) atoms. The van der Waals surface area contributed by atoms with Crippen LogP contribution in [0, 0.1) is 12.8 Å². The van der Waals surface area contributed by atoms with Crippen LogP contribution < -0.4 is 5.32 Å². The second kappa shape index (κ2) is 9.79. The van der Waals surface area contributed by atoms with Crippen LogP contribution in [0.3, 0.4) is 0 Å². The lowest BCUT2D eigenvalue weighted by molar-refractivity contribution is -0.126. The fourth-order valence-corrected chi connectivity index (χ4v) is 4.18.